The van der Waals surface area contributed by atoms with Gasteiger partial charge >= 0.3 is 5.97 Å². The predicted octanol–water partition coefficient (Wildman–Crippen LogP) is 14.8. The summed E-state index contributed by atoms with van der Waals surface area (Å²) in [7, 11) is 0. The first-order valence-electron chi connectivity index (χ1n) is 25.0. The van der Waals surface area contributed by atoms with Gasteiger partial charge in [0.15, 0.2) is 0 Å². The van der Waals surface area contributed by atoms with Gasteiger partial charge in [-0.25, -0.2) is 0 Å². The van der Waals surface area contributed by atoms with Gasteiger partial charge in [0.1, 0.15) is 6.10 Å². The van der Waals surface area contributed by atoms with E-state index in [1.165, 1.54) is 109 Å². The molecule has 3 N–H and O–H groups in total. The van der Waals surface area contributed by atoms with Crippen molar-refractivity contribution in [2.24, 2.45) is 0 Å². The molecule has 6 nitrogen and oxygen atoms in total. The van der Waals surface area contributed by atoms with Crippen LogP contribution in [-0.2, 0) is 14.3 Å². The number of aliphatic hydroxyl groups excluding tert-OH is 2. The number of unbranched alkanes of at least 4 members (excludes halogenated alkanes) is 22. The Morgan fingerprint density at radius 1 is 0.492 bits per heavy atom. The van der Waals surface area contributed by atoms with Crippen LogP contribution < -0.4 is 5.32 Å². The lowest BCUT2D eigenvalue weighted by atomic mass is 10.0. The van der Waals surface area contributed by atoms with E-state index in [-0.39, 0.29) is 24.9 Å². The molecule has 0 aromatic carbocycles. The maximum Gasteiger partial charge on any atom is 0.306 e. The van der Waals surface area contributed by atoms with Crippen LogP contribution in [0.1, 0.15) is 239 Å². The van der Waals surface area contributed by atoms with Crippen molar-refractivity contribution in [1.82, 2.24) is 5.32 Å². The Hall–Kier alpha value is -2.44. The summed E-state index contributed by atoms with van der Waals surface area (Å²) in [6, 6.07) is -0.717. The van der Waals surface area contributed by atoms with Gasteiger partial charge in [-0.15, -0.1) is 0 Å². The number of hydrogen-bond donors (Lipinski definition) is 3. The molecule has 342 valence electrons. The second-order valence-corrected chi connectivity index (χ2v) is 16.9. The molecule has 0 aromatic heterocycles. The molecule has 0 aromatic rings. The number of amides is 1. The fourth-order valence-corrected chi connectivity index (χ4v) is 7.24. The van der Waals surface area contributed by atoms with Crippen LogP contribution in [0.2, 0.25) is 0 Å². The van der Waals surface area contributed by atoms with E-state index >= 15 is 0 Å². The highest BCUT2D eigenvalue weighted by molar-refractivity contribution is 5.77. The third-order valence-electron chi connectivity index (χ3n) is 11.1. The minimum absolute atomic E-state index is 0.0442. The minimum atomic E-state index is -0.800. The van der Waals surface area contributed by atoms with Crippen LogP contribution in [0.3, 0.4) is 0 Å². The Bertz CT molecular complexity index is 1060. The first kappa shape index (κ1) is 56.6. The number of carbonyl (C=O) groups excluding carboxylic acids is 2. The van der Waals surface area contributed by atoms with Crippen LogP contribution in [0, 0.1) is 0 Å². The Balaban J connectivity index is 4.70. The van der Waals surface area contributed by atoms with E-state index in [9.17, 15) is 19.8 Å². The monoisotopic (exact) mass is 826 g/mol. The predicted molar refractivity (Wildman–Crippen MR) is 255 cm³/mol. The van der Waals surface area contributed by atoms with Crippen LogP contribution in [0.4, 0.5) is 0 Å². The third kappa shape index (κ3) is 42.1. The molecule has 0 spiro atoms. The fraction of sp³-hybridized carbons (Fsp3) is 0.774. The molecular formula is C53H95NO5. The number of esters is 1. The van der Waals surface area contributed by atoms with Crippen LogP contribution in [-0.4, -0.2) is 46.9 Å². The lowest BCUT2D eigenvalue weighted by molar-refractivity contribution is -0.151. The first-order chi connectivity index (χ1) is 29.0. The van der Waals surface area contributed by atoms with Gasteiger partial charge in [0.25, 0.3) is 0 Å². The fourth-order valence-electron chi connectivity index (χ4n) is 7.24. The molecule has 0 heterocycles. The highest BCUT2D eigenvalue weighted by Gasteiger charge is 2.24. The van der Waals surface area contributed by atoms with E-state index in [1.807, 2.05) is 0 Å². The average Bonchev–Trinajstić information content (AvgIpc) is 3.23. The van der Waals surface area contributed by atoms with Gasteiger partial charge in [-0.1, -0.05) is 197 Å². The van der Waals surface area contributed by atoms with Crippen LogP contribution in [0.25, 0.3) is 0 Å². The molecule has 3 atom stereocenters. The Labute approximate surface area is 365 Å². The van der Waals surface area contributed by atoms with Gasteiger partial charge in [0, 0.05) is 6.42 Å². The summed E-state index contributed by atoms with van der Waals surface area (Å²) in [5.41, 5.74) is 0. The van der Waals surface area contributed by atoms with Crippen molar-refractivity contribution in [2.45, 2.75) is 257 Å². The van der Waals surface area contributed by atoms with Crippen molar-refractivity contribution in [3.05, 3.63) is 60.8 Å². The molecule has 0 rings (SSSR count). The summed E-state index contributed by atoms with van der Waals surface area (Å²) in [6.07, 6.45) is 57.1. The lowest BCUT2D eigenvalue weighted by Gasteiger charge is -2.24. The zero-order valence-electron chi connectivity index (χ0n) is 38.9. The van der Waals surface area contributed by atoms with Crippen molar-refractivity contribution >= 4 is 11.9 Å². The lowest BCUT2D eigenvalue weighted by Crippen LogP contribution is -2.46. The average molecular weight is 826 g/mol. The second kappa shape index (κ2) is 46.6. The molecular weight excluding hydrogens is 731 g/mol. The molecule has 1 amide bonds. The van der Waals surface area contributed by atoms with Crippen molar-refractivity contribution < 1.29 is 24.5 Å². The van der Waals surface area contributed by atoms with E-state index in [0.29, 0.717) is 25.7 Å². The van der Waals surface area contributed by atoms with E-state index in [4.69, 9.17) is 4.74 Å². The number of ether oxygens (including phenoxy) is 1. The third-order valence-corrected chi connectivity index (χ3v) is 11.1. The highest BCUT2D eigenvalue weighted by Crippen LogP contribution is 2.16. The maximum atomic E-state index is 13.2. The van der Waals surface area contributed by atoms with Crippen LogP contribution in [0.15, 0.2) is 60.8 Å². The van der Waals surface area contributed by atoms with Gasteiger partial charge in [-0.3, -0.25) is 9.59 Å². The molecule has 6 heteroatoms. The van der Waals surface area contributed by atoms with Gasteiger partial charge in [-0.2, -0.15) is 0 Å². The van der Waals surface area contributed by atoms with Crippen molar-refractivity contribution in [3.8, 4) is 0 Å². The standard InChI is InChI=1S/C53H95NO5/c1-4-7-10-13-16-19-21-23-25-26-27-29-31-34-37-40-43-46-53(58)59-49(44-41-38-35-33-30-28-24-22-20-17-14-11-8-5-2)47-52(57)54-50(48-55)51(56)45-42-39-36-32-18-15-12-9-6-3/h16,19,23,25,27-30,34,37,49-51,55-56H,4-15,17-18,20-22,24,26,31-33,35-36,38-48H2,1-3H3,(H,54,57)/b19-16-,25-23-,29-27-,30-28+,37-34-. The zero-order valence-corrected chi connectivity index (χ0v) is 38.9. The topological polar surface area (TPSA) is 95.9 Å². The van der Waals surface area contributed by atoms with Gasteiger partial charge in [0.05, 0.1) is 25.2 Å². The van der Waals surface area contributed by atoms with Crippen LogP contribution >= 0.6 is 0 Å². The van der Waals surface area contributed by atoms with Gasteiger partial charge < -0.3 is 20.3 Å². The molecule has 3 unspecified atom stereocenters. The van der Waals surface area contributed by atoms with E-state index in [0.717, 1.165) is 77.0 Å². The minimum Gasteiger partial charge on any atom is -0.462 e. The maximum absolute atomic E-state index is 13.2. The molecule has 0 radical (unpaired) electrons. The summed E-state index contributed by atoms with van der Waals surface area (Å²) in [5.74, 6) is -0.557. The molecule has 0 aliphatic heterocycles. The number of allylic oxidation sites excluding steroid dienone is 10. The van der Waals surface area contributed by atoms with Gasteiger partial charge in [0.2, 0.25) is 5.91 Å². The summed E-state index contributed by atoms with van der Waals surface area (Å²) in [6.45, 7) is 6.41. The number of nitrogens with one attached hydrogen (secondary N) is 1. The van der Waals surface area contributed by atoms with Crippen molar-refractivity contribution in [1.29, 1.82) is 0 Å². The van der Waals surface area contributed by atoms with E-state index in [2.05, 4.69) is 86.8 Å². The van der Waals surface area contributed by atoms with Crippen molar-refractivity contribution in [3.63, 3.8) is 0 Å². The Morgan fingerprint density at radius 2 is 0.864 bits per heavy atom. The summed E-state index contributed by atoms with van der Waals surface area (Å²) < 4.78 is 5.89. The van der Waals surface area contributed by atoms with Crippen molar-refractivity contribution in [2.75, 3.05) is 6.61 Å². The molecule has 0 aliphatic rings. The molecule has 59 heavy (non-hydrogen) atoms. The number of hydrogen-bond acceptors (Lipinski definition) is 5. The first-order valence-corrected chi connectivity index (χ1v) is 25.0. The van der Waals surface area contributed by atoms with E-state index in [1.54, 1.807) is 0 Å². The Kier molecular flexibility index (Phi) is 44.7. The molecule has 0 aliphatic carbocycles. The van der Waals surface area contributed by atoms with Gasteiger partial charge in [-0.05, 0) is 89.9 Å². The van der Waals surface area contributed by atoms with Crippen LogP contribution in [0.5, 0.6) is 0 Å². The molecule has 0 saturated carbocycles. The van der Waals surface area contributed by atoms with E-state index < -0.39 is 18.2 Å². The number of carbonyl (C=O) groups is 2. The molecule has 0 fully saturated rings. The SMILES string of the molecule is CCCCC/C=C\C/C=C\C/C=C\C/C=C\CCCC(=O)OC(CCCCC/C=C/CCCCCCCCC)CC(=O)NC(CO)C(O)CCCCCCCCCCC. The normalized spacial score (nSPS) is 13.8. The summed E-state index contributed by atoms with van der Waals surface area (Å²) in [5, 5.41) is 23.6. The zero-order chi connectivity index (χ0) is 43.1. The summed E-state index contributed by atoms with van der Waals surface area (Å²) in [4.78, 5) is 26.1. The quantitative estimate of drug-likeness (QED) is 0.0323. The second-order valence-electron chi connectivity index (χ2n) is 16.9. The molecule has 0 saturated heterocycles. The Morgan fingerprint density at radius 3 is 1.37 bits per heavy atom. The smallest absolute Gasteiger partial charge is 0.306 e. The highest BCUT2D eigenvalue weighted by atomic mass is 16.5. The largest absolute Gasteiger partial charge is 0.462 e. The summed E-state index contributed by atoms with van der Waals surface area (Å²) >= 11 is 0. The molecule has 0 bridgehead atoms. The number of aliphatic hydroxyl groups is 2. The number of rotatable bonds is 44.